The summed E-state index contributed by atoms with van der Waals surface area (Å²) in [5.41, 5.74) is 0. The highest BCUT2D eigenvalue weighted by Gasteiger charge is 2.28. The Balaban J connectivity index is 3.16. The Hall–Kier alpha value is -0.500. The van der Waals surface area contributed by atoms with Gasteiger partial charge in [-0.05, 0) is 41.1 Å². The molecule has 1 rings (SSSR count). The molecule has 0 aromatic heterocycles. The highest BCUT2D eigenvalue weighted by Crippen LogP contribution is 2.23. The fraction of sp³-hybridized carbons (Fsp3) is 0.500. The molecule has 1 atom stereocenters. The molecule has 1 unspecified atom stereocenters. The lowest BCUT2D eigenvalue weighted by atomic mass is 10.3. The maximum absolute atomic E-state index is 13.5. The van der Waals surface area contributed by atoms with Gasteiger partial charge >= 0.3 is 0 Å². The summed E-state index contributed by atoms with van der Waals surface area (Å²) in [6.45, 7) is 4.06. The molecule has 0 saturated carbocycles. The molecule has 19 heavy (non-hydrogen) atoms. The molecule has 0 aliphatic heterocycles. The van der Waals surface area contributed by atoms with Crippen molar-refractivity contribution in [2.75, 3.05) is 20.3 Å². The van der Waals surface area contributed by atoms with E-state index in [1.54, 1.807) is 13.8 Å². The van der Waals surface area contributed by atoms with Gasteiger partial charge in [0.25, 0.3) is 0 Å². The van der Waals surface area contributed by atoms with Gasteiger partial charge in [0, 0.05) is 19.7 Å². The number of nitrogens with zero attached hydrogens (tertiary/aromatic N) is 1. The van der Waals surface area contributed by atoms with Crippen molar-refractivity contribution in [3.05, 3.63) is 28.5 Å². The van der Waals surface area contributed by atoms with E-state index in [1.807, 2.05) is 0 Å². The third-order valence-electron chi connectivity index (χ3n) is 2.71. The Kier molecular flexibility index (Phi) is 5.91. The number of methoxy groups -OCH3 is 1. The van der Waals surface area contributed by atoms with Gasteiger partial charge < -0.3 is 4.74 Å². The van der Waals surface area contributed by atoms with Crippen molar-refractivity contribution in [3.63, 3.8) is 0 Å². The third-order valence-corrected chi connectivity index (χ3v) is 5.44. The van der Waals surface area contributed by atoms with Crippen LogP contribution in [0.15, 0.2) is 27.6 Å². The first-order valence-electron chi connectivity index (χ1n) is 5.80. The summed E-state index contributed by atoms with van der Waals surface area (Å²) in [6, 6.07) is 3.47. The second-order valence-electron chi connectivity index (χ2n) is 4.09. The van der Waals surface area contributed by atoms with Gasteiger partial charge in [-0.2, -0.15) is 4.31 Å². The van der Waals surface area contributed by atoms with Crippen LogP contribution in [0.3, 0.4) is 0 Å². The quantitative estimate of drug-likeness (QED) is 0.789. The van der Waals surface area contributed by atoms with Gasteiger partial charge in [0.1, 0.15) is 5.82 Å². The lowest BCUT2D eigenvalue weighted by Gasteiger charge is -2.26. The number of halogens is 2. The Bertz CT molecular complexity index is 536. The van der Waals surface area contributed by atoms with Gasteiger partial charge in [-0.3, -0.25) is 0 Å². The maximum atomic E-state index is 13.5. The number of likely N-dealkylation sites (N-methyl/N-ethyl adjacent to an activating group) is 1. The van der Waals surface area contributed by atoms with Crippen molar-refractivity contribution in [3.8, 4) is 0 Å². The van der Waals surface area contributed by atoms with E-state index in [-0.39, 0.29) is 22.0 Å². The summed E-state index contributed by atoms with van der Waals surface area (Å²) in [5.74, 6) is -0.600. The molecule has 7 heteroatoms. The molecule has 0 spiro atoms. The summed E-state index contributed by atoms with van der Waals surface area (Å²) >= 11 is 3.00. The van der Waals surface area contributed by atoms with Crippen LogP contribution in [0, 0.1) is 5.82 Å². The first kappa shape index (κ1) is 16.6. The molecule has 108 valence electrons. The van der Waals surface area contributed by atoms with Crippen LogP contribution < -0.4 is 0 Å². The molecule has 0 N–H and O–H groups in total. The summed E-state index contributed by atoms with van der Waals surface area (Å²) in [7, 11) is -2.21. The predicted octanol–water partition coefficient (Wildman–Crippen LogP) is 2.63. The van der Waals surface area contributed by atoms with E-state index in [1.165, 1.54) is 23.5 Å². The SMILES string of the molecule is CCN(C(C)COC)S(=O)(=O)c1ccc(Br)c(F)c1. The maximum Gasteiger partial charge on any atom is 0.243 e. The number of sulfonamides is 1. The second-order valence-corrected chi connectivity index (χ2v) is 6.83. The van der Waals surface area contributed by atoms with Crippen LogP contribution in [0.25, 0.3) is 0 Å². The largest absolute Gasteiger partial charge is 0.383 e. The molecule has 0 saturated heterocycles. The molecule has 0 radical (unpaired) electrons. The van der Waals surface area contributed by atoms with Crippen LogP contribution in [0.2, 0.25) is 0 Å². The Labute approximate surface area is 121 Å². The van der Waals surface area contributed by atoms with E-state index in [2.05, 4.69) is 15.9 Å². The highest BCUT2D eigenvalue weighted by molar-refractivity contribution is 9.10. The summed E-state index contributed by atoms with van der Waals surface area (Å²) in [6.07, 6.45) is 0. The average molecular weight is 354 g/mol. The highest BCUT2D eigenvalue weighted by atomic mass is 79.9. The fourth-order valence-corrected chi connectivity index (χ4v) is 3.70. The Morgan fingerprint density at radius 3 is 2.58 bits per heavy atom. The van der Waals surface area contributed by atoms with E-state index in [0.717, 1.165) is 6.07 Å². The molecule has 0 aliphatic carbocycles. The van der Waals surface area contributed by atoms with Crippen LogP contribution >= 0.6 is 15.9 Å². The third kappa shape index (κ3) is 3.75. The average Bonchev–Trinajstić information content (AvgIpc) is 2.33. The van der Waals surface area contributed by atoms with Gasteiger partial charge in [0.05, 0.1) is 16.0 Å². The molecular formula is C12H17BrFNO3S. The molecule has 0 fully saturated rings. The van der Waals surface area contributed by atoms with Crippen LogP contribution in [0.5, 0.6) is 0 Å². The molecule has 0 bridgehead atoms. The van der Waals surface area contributed by atoms with Gasteiger partial charge in [-0.1, -0.05) is 6.92 Å². The minimum atomic E-state index is -3.72. The number of hydrogen-bond acceptors (Lipinski definition) is 3. The smallest absolute Gasteiger partial charge is 0.243 e. The van der Waals surface area contributed by atoms with E-state index in [4.69, 9.17) is 4.74 Å². The Morgan fingerprint density at radius 2 is 2.11 bits per heavy atom. The van der Waals surface area contributed by atoms with Gasteiger partial charge in [-0.25, -0.2) is 12.8 Å². The summed E-state index contributed by atoms with van der Waals surface area (Å²) < 4.78 is 44.8. The normalized spacial score (nSPS) is 13.8. The fourth-order valence-electron chi connectivity index (χ4n) is 1.82. The predicted molar refractivity (Wildman–Crippen MR) is 75.0 cm³/mol. The molecule has 1 aromatic rings. The first-order chi connectivity index (χ1) is 8.84. The van der Waals surface area contributed by atoms with E-state index in [0.29, 0.717) is 6.54 Å². The molecule has 1 aromatic carbocycles. The lowest BCUT2D eigenvalue weighted by Crippen LogP contribution is -2.40. The van der Waals surface area contributed by atoms with Crippen molar-refractivity contribution in [1.29, 1.82) is 0 Å². The molecule has 0 heterocycles. The Morgan fingerprint density at radius 1 is 1.47 bits per heavy atom. The van der Waals surface area contributed by atoms with Crippen molar-refractivity contribution in [2.24, 2.45) is 0 Å². The molecule has 0 aliphatic rings. The lowest BCUT2D eigenvalue weighted by molar-refractivity contribution is 0.142. The van der Waals surface area contributed by atoms with Gasteiger partial charge in [-0.15, -0.1) is 0 Å². The number of benzene rings is 1. The second kappa shape index (κ2) is 6.78. The standard InChI is InChI=1S/C12H17BrFNO3S/c1-4-15(9(2)8-18-3)19(16,17)10-5-6-11(13)12(14)7-10/h5-7,9H,4,8H2,1-3H3. The molecule has 4 nitrogen and oxygen atoms in total. The number of hydrogen-bond donors (Lipinski definition) is 0. The van der Waals surface area contributed by atoms with E-state index < -0.39 is 15.8 Å². The van der Waals surface area contributed by atoms with Crippen LogP contribution in [0.1, 0.15) is 13.8 Å². The van der Waals surface area contributed by atoms with Crippen molar-refractivity contribution >= 4 is 26.0 Å². The monoisotopic (exact) mass is 353 g/mol. The van der Waals surface area contributed by atoms with Crippen molar-refractivity contribution < 1.29 is 17.5 Å². The van der Waals surface area contributed by atoms with Gasteiger partial charge in [0.2, 0.25) is 10.0 Å². The number of rotatable bonds is 6. The van der Waals surface area contributed by atoms with Crippen molar-refractivity contribution in [1.82, 2.24) is 4.31 Å². The van der Waals surface area contributed by atoms with Crippen LogP contribution in [-0.2, 0) is 14.8 Å². The van der Waals surface area contributed by atoms with Crippen molar-refractivity contribution in [2.45, 2.75) is 24.8 Å². The minimum Gasteiger partial charge on any atom is -0.383 e. The molecular weight excluding hydrogens is 337 g/mol. The zero-order valence-corrected chi connectivity index (χ0v) is 13.5. The zero-order chi connectivity index (χ0) is 14.6. The van der Waals surface area contributed by atoms with Crippen LogP contribution in [-0.4, -0.2) is 39.0 Å². The summed E-state index contributed by atoms with van der Waals surface area (Å²) in [4.78, 5) is -0.0574. The minimum absolute atomic E-state index is 0.0574. The first-order valence-corrected chi connectivity index (χ1v) is 8.03. The number of ether oxygens (including phenoxy) is 1. The van der Waals surface area contributed by atoms with Crippen LogP contribution in [0.4, 0.5) is 4.39 Å². The zero-order valence-electron chi connectivity index (χ0n) is 11.1. The van der Waals surface area contributed by atoms with E-state index in [9.17, 15) is 12.8 Å². The van der Waals surface area contributed by atoms with E-state index >= 15 is 0 Å². The summed E-state index contributed by atoms with van der Waals surface area (Å²) in [5, 5.41) is 0. The molecule has 0 amide bonds. The van der Waals surface area contributed by atoms with Gasteiger partial charge in [0.15, 0.2) is 0 Å². The topological polar surface area (TPSA) is 46.6 Å².